The molecule has 0 spiro atoms. The maximum absolute atomic E-state index is 6.15. The number of halogens is 1. The second kappa shape index (κ2) is 8.55. The first-order valence-electron chi connectivity index (χ1n) is 11.5. The molecule has 30 heavy (non-hydrogen) atoms. The molecular weight excluding hydrogens is 438 g/mol. The predicted molar refractivity (Wildman–Crippen MR) is 124 cm³/mol. The van der Waals surface area contributed by atoms with E-state index in [4.69, 9.17) is 9.47 Å². The molecule has 160 valence electrons. The van der Waals surface area contributed by atoms with E-state index in [1.807, 2.05) is 25.1 Å². The summed E-state index contributed by atoms with van der Waals surface area (Å²) < 4.78 is 13.1. The highest BCUT2D eigenvalue weighted by atomic mass is 79.9. The molecule has 1 N–H and O–H groups in total. The third kappa shape index (κ3) is 4.27. The largest absolute Gasteiger partial charge is 0.490 e. The van der Waals surface area contributed by atoms with Crippen molar-refractivity contribution < 1.29 is 9.47 Å². The van der Waals surface area contributed by atoms with Crippen LogP contribution in [0.4, 0.5) is 0 Å². The summed E-state index contributed by atoms with van der Waals surface area (Å²) in [4.78, 5) is 0. The smallest absolute Gasteiger partial charge is 0.175 e. The topological polar surface area (TPSA) is 30.5 Å². The van der Waals surface area contributed by atoms with Gasteiger partial charge in [0.15, 0.2) is 11.5 Å². The number of hydrogen-bond acceptors (Lipinski definition) is 3. The van der Waals surface area contributed by atoms with Gasteiger partial charge in [-0.3, -0.25) is 0 Å². The molecule has 0 saturated heterocycles. The van der Waals surface area contributed by atoms with Gasteiger partial charge in [0.05, 0.1) is 11.1 Å². The molecule has 2 aromatic rings. The Bertz CT molecular complexity index is 847. The van der Waals surface area contributed by atoms with Gasteiger partial charge in [-0.25, -0.2) is 0 Å². The maximum atomic E-state index is 6.15. The van der Waals surface area contributed by atoms with Crippen LogP contribution >= 0.6 is 15.9 Å². The van der Waals surface area contributed by atoms with Crippen LogP contribution < -0.4 is 14.8 Å². The summed E-state index contributed by atoms with van der Waals surface area (Å²) in [5.74, 6) is 4.50. The Morgan fingerprint density at radius 1 is 0.933 bits per heavy atom. The van der Waals surface area contributed by atoms with Crippen LogP contribution in [0.25, 0.3) is 0 Å². The molecule has 6 rings (SSSR count). The third-order valence-corrected chi connectivity index (χ3v) is 7.89. The van der Waals surface area contributed by atoms with Gasteiger partial charge < -0.3 is 14.8 Å². The van der Waals surface area contributed by atoms with Gasteiger partial charge in [-0.1, -0.05) is 30.3 Å². The molecule has 0 aromatic heterocycles. The lowest BCUT2D eigenvalue weighted by molar-refractivity contribution is -0.0206. The van der Waals surface area contributed by atoms with Gasteiger partial charge in [-0.15, -0.1) is 0 Å². The first-order valence-corrected chi connectivity index (χ1v) is 12.3. The van der Waals surface area contributed by atoms with E-state index in [1.165, 1.54) is 44.1 Å². The molecule has 4 fully saturated rings. The Balaban J connectivity index is 1.30. The minimum absolute atomic E-state index is 0.371. The number of nitrogens with one attached hydrogen (secondary N) is 1. The van der Waals surface area contributed by atoms with E-state index in [2.05, 4.69) is 45.5 Å². The Morgan fingerprint density at radius 2 is 1.60 bits per heavy atom. The fraction of sp³-hybridized carbons (Fsp3) is 0.538. The van der Waals surface area contributed by atoms with Crippen molar-refractivity contribution in [1.82, 2.24) is 5.32 Å². The first kappa shape index (κ1) is 20.4. The SMILES string of the molecule is CCOc1cc(CNC23CC4CC(CC(C4)C2)C3)cc(Br)c1OCc1ccccc1. The van der Waals surface area contributed by atoms with Crippen LogP contribution in [0.5, 0.6) is 11.5 Å². The van der Waals surface area contributed by atoms with E-state index < -0.39 is 0 Å². The Labute approximate surface area is 188 Å². The van der Waals surface area contributed by atoms with Crippen LogP contribution in [-0.2, 0) is 13.2 Å². The van der Waals surface area contributed by atoms with E-state index in [9.17, 15) is 0 Å². The molecule has 0 radical (unpaired) electrons. The fourth-order valence-corrected chi connectivity index (χ4v) is 7.08. The van der Waals surface area contributed by atoms with Crippen LogP contribution in [0, 0.1) is 17.8 Å². The van der Waals surface area contributed by atoms with E-state index in [0.29, 0.717) is 18.8 Å². The molecule has 4 aliphatic rings. The van der Waals surface area contributed by atoms with Crippen LogP contribution in [-0.4, -0.2) is 12.1 Å². The number of benzene rings is 2. The summed E-state index contributed by atoms with van der Waals surface area (Å²) in [5.41, 5.74) is 2.78. The number of rotatable bonds is 8. The molecule has 0 heterocycles. The molecule has 4 aliphatic carbocycles. The van der Waals surface area contributed by atoms with Crippen LogP contribution in [0.3, 0.4) is 0 Å². The van der Waals surface area contributed by atoms with Gasteiger partial charge in [0.25, 0.3) is 0 Å². The van der Waals surface area contributed by atoms with Crippen LogP contribution in [0.15, 0.2) is 46.9 Å². The third-order valence-electron chi connectivity index (χ3n) is 7.30. The summed E-state index contributed by atoms with van der Waals surface area (Å²) in [5, 5.41) is 4.00. The van der Waals surface area contributed by atoms with E-state index >= 15 is 0 Å². The van der Waals surface area contributed by atoms with Crippen LogP contribution in [0.2, 0.25) is 0 Å². The van der Waals surface area contributed by atoms with E-state index in [0.717, 1.165) is 45.8 Å². The Morgan fingerprint density at radius 3 is 2.23 bits per heavy atom. The Hall–Kier alpha value is -1.52. The number of hydrogen-bond donors (Lipinski definition) is 1. The van der Waals surface area contributed by atoms with E-state index in [1.54, 1.807) is 0 Å². The van der Waals surface area contributed by atoms with Gasteiger partial charge in [-0.2, -0.15) is 0 Å². The minimum atomic E-state index is 0.371. The molecule has 0 amide bonds. The molecular formula is C26H32BrNO2. The zero-order chi connectivity index (χ0) is 20.6. The summed E-state index contributed by atoms with van der Waals surface area (Å²) in [6.07, 6.45) is 8.56. The van der Waals surface area contributed by atoms with Crippen molar-refractivity contribution in [3.63, 3.8) is 0 Å². The van der Waals surface area contributed by atoms with Crippen molar-refractivity contribution in [2.45, 2.75) is 64.1 Å². The lowest BCUT2D eigenvalue weighted by atomic mass is 9.53. The van der Waals surface area contributed by atoms with Crippen molar-refractivity contribution in [2.75, 3.05) is 6.61 Å². The van der Waals surface area contributed by atoms with Crippen LogP contribution in [0.1, 0.15) is 56.6 Å². The molecule has 2 aromatic carbocycles. The fourth-order valence-electron chi connectivity index (χ4n) is 6.47. The van der Waals surface area contributed by atoms with Crippen molar-refractivity contribution in [3.05, 3.63) is 58.1 Å². The second-order valence-electron chi connectivity index (χ2n) is 9.66. The molecule has 4 saturated carbocycles. The maximum Gasteiger partial charge on any atom is 0.175 e. The van der Waals surface area contributed by atoms with Gasteiger partial charge in [0.1, 0.15) is 6.61 Å². The monoisotopic (exact) mass is 469 g/mol. The highest BCUT2D eigenvalue weighted by molar-refractivity contribution is 9.10. The standard InChI is InChI=1S/C26H32BrNO2/c1-2-29-24-12-22(11-23(27)25(24)30-17-18-6-4-3-5-7-18)16-28-26-13-19-8-20(14-26)10-21(9-19)15-26/h3-7,11-12,19-21,28H,2,8-10,13-17H2,1H3. The van der Waals surface area contributed by atoms with Crippen molar-refractivity contribution in [2.24, 2.45) is 17.8 Å². The zero-order valence-corrected chi connectivity index (χ0v) is 19.4. The highest BCUT2D eigenvalue weighted by Gasteiger charge is 2.50. The highest BCUT2D eigenvalue weighted by Crippen LogP contribution is 2.55. The summed E-state index contributed by atoms with van der Waals surface area (Å²) >= 11 is 3.74. The number of ether oxygens (including phenoxy) is 2. The minimum Gasteiger partial charge on any atom is -0.490 e. The quantitative estimate of drug-likeness (QED) is 0.479. The predicted octanol–water partition coefficient (Wildman–Crippen LogP) is 6.49. The normalized spacial score (nSPS) is 29.2. The van der Waals surface area contributed by atoms with Gasteiger partial charge in [0.2, 0.25) is 0 Å². The van der Waals surface area contributed by atoms with Crippen molar-refractivity contribution in [3.8, 4) is 11.5 Å². The molecule has 0 atom stereocenters. The summed E-state index contributed by atoms with van der Waals surface area (Å²) in [7, 11) is 0. The molecule has 4 bridgehead atoms. The second-order valence-corrected chi connectivity index (χ2v) is 10.5. The van der Waals surface area contributed by atoms with Gasteiger partial charge in [0, 0.05) is 12.1 Å². The summed E-state index contributed by atoms with van der Waals surface area (Å²) in [6.45, 7) is 4.07. The van der Waals surface area contributed by atoms with Crippen molar-refractivity contribution >= 4 is 15.9 Å². The molecule has 0 unspecified atom stereocenters. The zero-order valence-electron chi connectivity index (χ0n) is 17.8. The Kier molecular flexibility index (Phi) is 5.81. The molecule has 4 heteroatoms. The summed E-state index contributed by atoms with van der Waals surface area (Å²) in [6, 6.07) is 14.6. The lowest BCUT2D eigenvalue weighted by Gasteiger charge is -2.57. The molecule has 0 aliphatic heterocycles. The average molecular weight is 470 g/mol. The lowest BCUT2D eigenvalue weighted by Crippen LogP contribution is -2.58. The van der Waals surface area contributed by atoms with Crippen molar-refractivity contribution in [1.29, 1.82) is 0 Å². The van der Waals surface area contributed by atoms with E-state index in [-0.39, 0.29) is 0 Å². The average Bonchev–Trinajstić information content (AvgIpc) is 2.72. The first-order chi connectivity index (χ1) is 14.6. The van der Waals surface area contributed by atoms with Gasteiger partial charge >= 0.3 is 0 Å². The molecule has 3 nitrogen and oxygen atoms in total. The van der Waals surface area contributed by atoms with Gasteiger partial charge in [-0.05, 0) is 102 Å².